The van der Waals surface area contributed by atoms with Gasteiger partial charge in [0.25, 0.3) is 0 Å². The minimum absolute atomic E-state index is 0.716. The van der Waals surface area contributed by atoms with Gasteiger partial charge in [-0.05, 0) is 23.6 Å². The molecule has 3 heterocycles. The second kappa shape index (κ2) is 4.61. The maximum absolute atomic E-state index is 5.90. The molecule has 0 saturated carbocycles. The number of benzene rings is 2. The molecule has 0 bridgehead atoms. The third-order valence-electron chi connectivity index (χ3n) is 4.04. The van der Waals surface area contributed by atoms with Gasteiger partial charge in [0, 0.05) is 23.0 Å². The van der Waals surface area contributed by atoms with Crippen molar-refractivity contribution in [2.24, 2.45) is 0 Å². The molecule has 3 aromatic heterocycles. The molecular weight excluding hydrogens is 286 g/mol. The summed E-state index contributed by atoms with van der Waals surface area (Å²) in [5, 5.41) is 11.9. The van der Waals surface area contributed by atoms with Gasteiger partial charge in [-0.3, -0.25) is 4.98 Å². The van der Waals surface area contributed by atoms with E-state index in [9.17, 15) is 0 Å². The molecule has 0 atom stereocenters. The van der Waals surface area contributed by atoms with Gasteiger partial charge in [0.2, 0.25) is 0 Å². The molecule has 0 amide bonds. The van der Waals surface area contributed by atoms with E-state index < -0.39 is 0 Å². The molecule has 4 nitrogen and oxygen atoms in total. The number of furan rings is 1. The van der Waals surface area contributed by atoms with Gasteiger partial charge in [-0.1, -0.05) is 36.4 Å². The Morgan fingerprint density at radius 1 is 0.739 bits per heavy atom. The summed E-state index contributed by atoms with van der Waals surface area (Å²) >= 11 is 0. The minimum atomic E-state index is 0.716. The van der Waals surface area contributed by atoms with E-state index in [0.717, 1.165) is 38.5 Å². The lowest BCUT2D eigenvalue weighted by atomic mass is 10.1. The molecule has 0 fully saturated rings. The highest BCUT2D eigenvalue weighted by atomic mass is 16.3. The second-order valence-corrected chi connectivity index (χ2v) is 5.42. The van der Waals surface area contributed by atoms with Gasteiger partial charge >= 0.3 is 0 Å². The van der Waals surface area contributed by atoms with Crippen LogP contribution in [0.15, 0.2) is 71.3 Å². The normalized spacial score (nSPS) is 11.5. The highest BCUT2D eigenvalue weighted by molar-refractivity contribution is 6.03. The van der Waals surface area contributed by atoms with Crippen LogP contribution in [-0.4, -0.2) is 15.2 Å². The summed E-state index contributed by atoms with van der Waals surface area (Å²) in [7, 11) is 0. The first kappa shape index (κ1) is 12.3. The Hall–Kier alpha value is -3.27. The van der Waals surface area contributed by atoms with Crippen molar-refractivity contribution in [3.05, 3.63) is 66.9 Å². The molecule has 5 rings (SSSR count). The third-order valence-corrected chi connectivity index (χ3v) is 4.04. The molecule has 2 aromatic carbocycles. The molecule has 23 heavy (non-hydrogen) atoms. The summed E-state index contributed by atoms with van der Waals surface area (Å²) < 4.78 is 5.90. The lowest BCUT2D eigenvalue weighted by molar-refractivity contribution is 0.667. The topological polar surface area (TPSA) is 51.8 Å². The predicted octanol–water partition coefficient (Wildman–Crippen LogP) is 4.59. The summed E-state index contributed by atoms with van der Waals surface area (Å²) in [4.78, 5) is 4.49. The summed E-state index contributed by atoms with van der Waals surface area (Å²) in [5.74, 6) is 0. The maximum atomic E-state index is 5.90. The van der Waals surface area contributed by atoms with Gasteiger partial charge in [0.15, 0.2) is 5.58 Å². The van der Waals surface area contributed by atoms with Crippen LogP contribution in [0.4, 0.5) is 0 Å². The van der Waals surface area contributed by atoms with E-state index in [2.05, 4.69) is 21.2 Å². The Morgan fingerprint density at radius 3 is 2.52 bits per heavy atom. The zero-order valence-electron chi connectivity index (χ0n) is 12.1. The van der Waals surface area contributed by atoms with E-state index >= 15 is 0 Å². The first-order valence-electron chi connectivity index (χ1n) is 7.39. The van der Waals surface area contributed by atoms with Crippen LogP contribution in [0.1, 0.15) is 0 Å². The van der Waals surface area contributed by atoms with Gasteiger partial charge in [0.05, 0.1) is 5.69 Å². The molecule has 108 valence electrons. The van der Waals surface area contributed by atoms with Crippen molar-refractivity contribution in [2.75, 3.05) is 0 Å². The van der Waals surface area contributed by atoms with E-state index in [-0.39, 0.29) is 0 Å². The highest BCUT2D eigenvalue weighted by Crippen LogP contribution is 2.30. The van der Waals surface area contributed by atoms with Crippen LogP contribution in [0.5, 0.6) is 0 Å². The van der Waals surface area contributed by atoms with Gasteiger partial charge in [0.1, 0.15) is 16.8 Å². The van der Waals surface area contributed by atoms with Crippen LogP contribution < -0.4 is 0 Å². The molecular formula is C19H11N3O. The van der Waals surface area contributed by atoms with Crippen LogP contribution in [0.3, 0.4) is 0 Å². The van der Waals surface area contributed by atoms with Crippen molar-refractivity contribution in [1.29, 1.82) is 0 Å². The number of hydrogen-bond donors (Lipinski definition) is 0. The van der Waals surface area contributed by atoms with Crippen molar-refractivity contribution < 1.29 is 4.42 Å². The summed E-state index contributed by atoms with van der Waals surface area (Å²) in [6, 6.07) is 19.9. The quantitative estimate of drug-likeness (QED) is 0.454. The number of para-hydroxylation sites is 1. The average Bonchev–Trinajstić information content (AvgIpc) is 2.99. The fourth-order valence-electron chi connectivity index (χ4n) is 2.95. The molecule has 4 heteroatoms. The largest absolute Gasteiger partial charge is 0.454 e. The minimum Gasteiger partial charge on any atom is -0.454 e. The van der Waals surface area contributed by atoms with Crippen LogP contribution in [0.25, 0.3) is 44.2 Å². The van der Waals surface area contributed by atoms with E-state index in [4.69, 9.17) is 4.42 Å². The third kappa shape index (κ3) is 1.82. The highest BCUT2D eigenvalue weighted by Gasteiger charge is 2.12. The standard InChI is InChI=1S/C19H11N3O/c1-2-6-13-12(5-1)9-10-20-18(13)15-11-17-19(22-21-15)14-7-3-4-8-16(14)23-17/h1-11H. The number of aromatic nitrogens is 3. The van der Waals surface area contributed by atoms with E-state index in [1.165, 1.54) is 0 Å². The smallest absolute Gasteiger partial charge is 0.158 e. The Labute approximate surface area is 131 Å². The second-order valence-electron chi connectivity index (χ2n) is 5.42. The van der Waals surface area contributed by atoms with Crippen molar-refractivity contribution in [3.8, 4) is 11.4 Å². The van der Waals surface area contributed by atoms with E-state index in [1.54, 1.807) is 6.20 Å². The van der Waals surface area contributed by atoms with E-state index in [1.807, 2.05) is 54.6 Å². The fourth-order valence-corrected chi connectivity index (χ4v) is 2.95. The van der Waals surface area contributed by atoms with Gasteiger partial charge < -0.3 is 4.42 Å². The number of rotatable bonds is 1. The van der Waals surface area contributed by atoms with Crippen molar-refractivity contribution in [1.82, 2.24) is 15.2 Å². The SMILES string of the molecule is c1ccc2c(-c3cc4oc5ccccc5c4nn3)nccc2c1. The Kier molecular flexibility index (Phi) is 2.46. The van der Waals surface area contributed by atoms with Crippen molar-refractivity contribution in [3.63, 3.8) is 0 Å². The van der Waals surface area contributed by atoms with E-state index in [0.29, 0.717) is 5.69 Å². The summed E-state index contributed by atoms with van der Waals surface area (Å²) in [6.07, 6.45) is 1.79. The number of nitrogens with zero attached hydrogens (tertiary/aromatic N) is 3. The molecule has 5 aromatic rings. The molecule has 0 unspecified atom stereocenters. The molecule has 0 aliphatic heterocycles. The molecule has 0 aliphatic carbocycles. The molecule has 0 saturated heterocycles. The molecule has 0 aliphatic rings. The van der Waals surface area contributed by atoms with Crippen LogP contribution in [-0.2, 0) is 0 Å². The van der Waals surface area contributed by atoms with Crippen LogP contribution in [0.2, 0.25) is 0 Å². The summed E-state index contributed by atoms with van der Waals surface area (Å²) in [6.45, 7) is 0. The fraction of sp³-hybridized carbons (Fsp3) is 0. The summed E-state index contributed by atoms with van der Waals surface area (Å²) in [5.41, 5.74) is 3.86. The number of hydrogen-bond acceptors (Lipinski definition) is 4. The molecule has 0 radical (unpaired) electrons. The average molecular weight is 297 g/mol. The first-order chi connectivity index (χ1) is 11.4. The van der Waals surface area contributed by atoms with Gasteiger partial charge in [-0.25, -0.2) is 0 Å². The zero-order chi connectivity index (χ0) is 15.2. The molecule has 0 spiro atoms. The Bertz CT molecular complexity index is 1170. The zero-order valence-corrected chi connectivity index (χ0v) is 12.1. The van der Waals surface area contributed by atoms with Crippen molar-refractivity contribution >= 4 is 32.8 Å². The number of pyridine rings is 1. The maximum Gasteiger partial charge on any atom is 0.158 e. The lowest BCUT2D eigenvalue weighted by Crippen LogP contribution is -1.91. The monoisotopic (exact) mass is 297 g/mol. The Balaban J connectivity index is 1.81. The Morgan fingerprint density at radius 2 is 1.57 bits per heavy atom. The predicted molar refractivity (Wildman–Crippen MR) is 90.0 cm³/mol. The van der Waals surface area contributed by atoms with Crippen LogP contribution >= 0.6 is 0 Å². The van der Waals surface area contributed by atoms with Gasteiger partial charge in [-0.15, -0.1) is 10.2 Å². The molecule has 0 N–H and O–H groups in total. The van der Waals surface area contributed by atoms with Crippen LogP contribution in [0, 0.1) is 0 Å². The van der Waals surface area contributed by atoms with Gasteiger partial charge in [-0.2, -0.15) is 0 Å². The van der Waals surface area contributed by atoms with Crippen molar-refractivity contribution in [2.45, 2.75) is 0 Å². The first-order valence-corrected chi connectivity index (χ1v) is 7.39. The number of fused-ring (bicyclic) bond motifs is 4. The lowest BCUT2D eigenvalue weighted by Gasteiger charge is -2.03.